The van der Waals surface area contributed by atoms with E-state index in [1.807, 2.05) is 0 Å². The van der Waals surface area contributed by atoms with Crippen molar-refractivity contribution in [1.82, 2.24) is 4.57 Å². The second-order valence-electron chi connectivity index (χ2n) is 12.5. The molecule has 7 aromatic carbocycles. The van der Waals surface area contributed by atoms with E-state index in [-0.39, 0.29) is 0 Å². The molecule has 0 bridgehead atoms. The van der Waals surface area contributed by atoms with Crippen LogP contribution < -0.4 is 0 Å². The summed E-state index contributed by atoms with van der Waals surface area (Å²) in [7, 11) is 2.20. The monoisotopic (exact) mass is 577 g/mol. The quantitative estimate of drug-likeness (QED) is 0.183. The van der Waals surface area contributed by atoms with E-state index >= 15 is 0 Å². The SMILES string of the molecule is Cc1ccc(-c2c3ccccc3c(-c3ccc4c(c3)c(-c3ccc(C)cc3)c(-c3ccc(C)cc3)n4C)c3ccccc23)cc1. The molecule has 0 spiro atoms. The third-order valence-electron chi connectivity index (χ3n) is 9.43. The van der Waals surface area contributed by atoms with Crippen LogP contribution in [0.1, 0.15) is 16.7 Å². The molecule has 1 heterocycles. The van der Waals surface area contributed by atoms with Gasteiger partial charge in [-0.3, -0.25) is 0 Å². The standard InChI is InChI=1S/C44H35N/c1-28-13-19-31(20-14-28)41-35-9-5-7-11-37(35)42(38-12-8-6-10-36(38)41)34-25-26-40-39(27-34)43(32-21-15-29(2)16-22-32)44(45(40)4)33-23-17-30(3)18-24-33/h5-27H,1-4H3. The molecule has 0 saturated carbocycles. The van der Waals surface area contributed by atoms with Crippen molar-refractivity contribution in [3.63, 3.8) is 0 Å². The van der Waals surface area contributed by atoms with E-state index in [0.29, 0.717) is 0 Å². The molecule has 0 N–H and O–H groups in total. The highest BCUT2D eigenvalue weighted by Crippen LogP contribution is 2.46. The van der Waals surface area contributed by atoms with Crippen LogP contribution in [0.4, 0.5) is 0 Å². The van der Waals surface area contributed by atoms with Crippen molar-refractivity contribution in [1.29, 1.82) is 0 Å². The van der Waals surface area contributed by atoms with Gasteiger partial charge in [0.05, 0.1) is 5.69 Å². The minimum absolute atomic E-state index is 1.23. The summed E-state index contributed by atoms with van der Waals surface area (Å²) in [5.41, 5.74) is 15.1. The molecule has 216 valence electrons. The van der Waals surface area contributed by atoms with Crippen LogP contribution in [0.3, 0.4) is 0 Å². The zero-order chi connectivity index (χ0) is 30.7. The number of benzene rings is 7. The molecule has 1 nitrogen and oxygen atoms in total. The largest absolute Gasteiger partial charge is 0.343 e. The van der Waals surface area contributed by atoms with Gasteiger partial charge in [0, 0.05) is 23.5 Å². The zero-order valence-electron chi connectivity index (χ0n) is 26.2. The van der Waals surface area contributed by atoms with Gasteiger partial charge in [-0.15, -0.1) is 0 Å². The molecule has 0 aliphatic rings. The summed E-state index contributed by atoms with van der Waals surface area (Å²) in [6.45, 7) is 6.46. The molecule has 0 saturated heterocycles. The normalized spacial score (nSPS) is 11.6. The molecule has 0 radical (unpaired) electrons. The maximum Gasteiger partial charge on any atom is 0.0568 e. The van der Waals surface area contributed by atoms with E-state index in [1.165, 1.54) is 93.8 Å². The number of nitrogens with zero attached hydrogens (tertiary/aromatic N) is 1. The average Bonchev–Trinajstić information content (AvgIpc) is 3.36. The van der Waals surface area contributed by atoms with Crippen LogP contribution in [0.15, 0.2) is 140 Å². The van der Waals surface area contributed by atoms with E-state index in [4.69, 9.17) is 0 Å². The Morgan fingerprint density at radius 3 is 1.20 bits per heavy atom. The van der Waals surface area contributed by atoms with E-state index in [2.05, 4.69) is 172 Å². The van der Waals surface area contributed by atoms with Gasteiger partial charge >= 0.3 is 0 Å². The van der Waals surface area contributed by atoms with Crippen molar-refractivity contribution in [2.24, 2.45) is 7.05 Å². The average molecular weight is 578 g/mol. The predicted octanol–water partition coefficient (Wildman–Crippen LogP) is 12.1. The van der Waals surface area contributed by atoms with Gasteiger partial charge in [0.1, 0.15) is 0 Å². The van der Waals surface area contributed by atoms with E-state index in [0.717, 1.165) is 0 Å². The van der Waals surface area contributed by atoms with Gasteiger partial charge in [-0.2, -0.15) is 0 Å². The van der Waals surface area contributed by atoms with Gasteiger partial charge in [0.15, 0.2) is 0 Å². The fourth-order valence-corrected chi connectivity index (χ4v) is 7.13. The highest BCUT2D eigenvalue weighted by molar-refractivity contribution is 6.22. The van der Waals surface area contributed by atoms with Crippen molar-refractivity contribution < 1.29 is 0 Å². The summed E-state index contributed by atoms with van der Waals surface area (Å²) >= 11 is 0. The summed E-state index contributed by atoms with van der Waals surface area (Å²) < 4.78 is 2.37. The number of hydrogen-bond acceptors (Lipinski definition) is 0. The minimum atomic E-state index is 1.23. The van der Waals surface area contributed by atoms with Gasteiger partial charge in [-0.25, -0.2) is 0 Å². The molecule has 1 heteroatoms. The first-order valence-corrected chi connectivity index (χ1v) is 15.8. The lowest BCUT2D eigenvalue weighted by atomic mass is 9.85. The Morgan fingerprint density at radius 1 is 0.356 bits per heavy atom. The van der Waals surface area contributed by atoms with Crippen LogP contribution >= 0.6 is 0 Å². The van der Waals surface area contributed by atoms with Crippen LogP contribution in [-0.4, -0.2) is 4.57 Å². The van der Waals surface area contributed by atoms with E-state index in [1.54, 1.807) is 0 Å². The first-order chi connectivity index (χ1) is 22.0. The molecule has 1 aromatic heterocycles. The Labute approximate surface area is 265 Å². The topological polar surface area (TPSA) is 4.93 Å². The van der Waals surface area contributed by atoms with Crippen molar-refractivity contribution in [2.45, 2.75) is 20.8 Å². The molecule has 8 rings (SSSR count). The minimum Gasteiger partial charge on any atom is -0.343 e. The number of aromatic nitrogens is 1. The van der Waals surface area contributed by atoms with E-state index in [9.17, 15) is 0 Å². The van der Waals surface area contributed by atoms with Crippen LogP contribution in [-0.2, 0) is 7.05 Å². The van der Waals surface area contributed by atoms with Crippen LogP contribution in [0, 0.1) is 20.8 Å². The summed E-state index contributed by atoms with van der Waals surface area (Å²) in [5, 5.41) is 6.38. The van der Waals surface area contributed by atoms with Crippen LogP contribution in [0.2, 0.25) is 0 Å². The Balaban J connectivity index is 1.46. The predicted molar refractivity (Wildman–Crippen MR) is 194 cm³/mol. The van der Waals surface area contributed by atoms with Gasteiger partial charge in [-0.1, -0.05) is 144 Å². The first-order valence-electron chi connectivity index (χ1n) is 15.8. The zero-order valence-corrected chi connectivity index (χ0v) is 26.2. The fraction of sp³-hybridized carbons (Fsp3) is 0.0909. The smallest absolute Gasteiger partial charge is 0.0568 e. The molecule has 0 unspecified atom stereocenters. The maximum atomic E-state index is 2.43. The van der Waals surface area contributed by atoms with Gasteiger partial charge < -0.3 is 4.57 Å². The molecule has 0 atom stereocenters. The van der Waals surface area contributed by atoms with Gasteiger partial charge in [0.25, 0.3) is 0 Å². The molecular formula is C44H35N. The molecular weight excluding hydrogens is 542 g/mol. The number of fused-ring (bicyclic) bond motifs is 3. The lowest BCUT2D eigenvalue weighted by Gasteiger charge is -2.18. The molecule has 0 fully saturated rings. The Kier molecular flexibility index (Phi) is 6.43. The van der Waals surface area contributed by atoms with Crippen molar-refractivity contribution in [3.05, 3.63) is 156 Å². The number of aryl methyl sites for hydroxylation is 4. The van der Waals surface area contributed by atoms with Gasteiger partial charge in [0.2, 0.25) is 0 Å². The highest BCUT2D eigenvalue weighted by atomic mass is 15.0. The first kappa shape index (κ1) is 27.2. The third kappa shape index (κ3) is 4.47. The summed E-state index contributed by atoms with van der Waals surface area (Å²) in [6.07, 6.45) is 0. The fourth-order valence-electron chi connectivity index (χ4n) is 7.13. The third-order valence-corrected chi connectivity index (χ3v) is 9.43. The van der Waals surface area contributed by atoms with E-state index < -0.39 is 0 Å². The van der Waals surface area contributed by atoms with Crippen LogP contribution in [0.25, 0.3) is 77.1 Å². The van der Waals surface area contributed by atoms with Crippen molar-refractivity contribution in [2.75, 3.05) is 0 Å². The highest BCUT2D eigenvalue weighted by Gasteiger charge is 2.21. The Bertz CT molecular complexity index is 2310. The number of hydrogen-bond donors (Lipinski definition) is 0. The van der Waals surface area contributed by atoms with Crippen LogP contribution in [0.5, 0.6) is 0 Å². The summed E-state index contributed by atoms with van der Waals surface area (Å²) in [4.78, 5) is 0. The van der Waals surface area contributed by atoms with Gasteiger partial charge in [-0.05, 0) is 87.8 Å². The Morgan fingerprint density at radius 2 is 0.733 bits per heavy atom. The lowest BCUT2D eigenvalue weighted by Crippen LogP contribution is -1.93. The Hall–Kier alpha value is -5.40. The second-order valence-corrected chi connectivity index (χ2v) is 12.5. The van der Waals surface area contributed by atoms with Crippen molar-refractivity contribution in [3.8, 4) is 44.6 Å². The lowest BCUT2D eigenvalue weighted by molar-refractivity contribution is 0.979. The molecule has 0 aliphatic carbocycles. The summed E-state index contributed by atoms with van der Waals surface area (Å²) in [5.74, 6) is 0. The summed E-state index contributed by atoms with van der Waals surface area (Å²) in [6, 6.07) is 51.8. The molecule has 0 amide bonds. The number of rotatable bonds is 4. The molecule has 0 aliphatic heterocycles. The molecule has 45 heavy (non-hydrogen) atoms. The second kappa shape index (κ2) is 10.6. The van der Waals surface area contributed by atoms with Crippen molar-refractivity contribution >= 4 is 32.4 Å². The maximum absolute atomic E-state index is 2.43. The molecule has 8 aromatic rings.